The molecule has 0 radical (unpaired) electrons. The molecule has 0 unspecified atom stereocenters. The zero-order chi connectivity index (χ0) is 9.68. The van der Waals surface area contributed by atoms with E-state index >= 15 is 0 Å². The molecule has 2 nitrogen and oxygen atoms in total. The van der Waals surface area contributed by atoms with E-state index in [-0.39, 0.29) is 12.4 Å². The summed E-state index contributed by atoms with van der Waals surface area (Å²) in [5.74, 6) is 0.431. The van der Waals surface area contributed by atoms with Crippen LogP contribution in [0.4, 0.5) is 10.1 Å². The van der Waals surface area contributed by atoms with Crippen LogP contribution in [0.2, 0.25) is 0 Å². The minimum absolute atomic E-state index is 0.142. The number of benzene rings is 1. The SMILES string of the molecule is Nc1ccc(SCCCO)c(F)c1. The Morgan fingerprint density at radius 2 is 2.23 bits per heavy atom. The lowest BCUT2D eigenvalue weighted by molar-refractivity contribution is 0.296. The van der Waals surface area contributed by atoms with E-state index in [0.717, 1.165) is 5.75 Å². The molecule has 0 aromatic heterocycles. The number of thioether (sulfide) groups is 1. The van der Waals surface area contributed by atoms with Gasteiger partial charge in [0.2, 0.25) is 0 Å². The summed E-state index contributed by atoms with van der Waals surface area (Å²) in [6, 6.07) is 4.64. The quantitative estimate of drug-likeness (QED) is 0.444. The molecule has 0 spiro atoms. The van der Waals surface area contributed by atoms with Crippen LogP contribution < -0.4 is 5.73 Å². The van der Waals surface area contributed by atoms with E-state index in [1.54, 1.807) is 12.1 Å². The van der Waals surface area contributed by atoms with E-state index in [1.807, 2.05) is 0 Å². The number of nitrogen functional groups attached to an aromatic ring is 1. The monoisotopic (exact) mass is 201 g/mol. The first-order valence-electron chi connectivity index (χ1n) is 4.02. The predicted octanol–water partition coefficient (Wildman–Crippen LogP) is 1.88. The molecule has 1 aromatic rings. The van der Waals surface area contributed by atoms with E-state index in [2.05, 4.69) is 0 Å². The Kier molecular flexibility index (Phi) is 4.05. The number of hydrogen-bond donors (Lipinski definition) is 2. The van der Waals surface area contributed by atoms with Crippen LogP contribution in [0.25, 0.3) is 0 Å². The van der Waals surface area contributed by atoms with Crippen molar-refractivity contribution in [1.29, 1.82) is 0 Å². The van der Waals surface area contributed by atoms with Gasteiger partial charge in [0.25, 0.3) is 0 Å². The molecule has 0 fully saturated rings. The van der Waals surface area contributed by atoms with Gasteiger partial charge in [0.15, 0.2) is 0 Å². The molecule has 0 aliphatic rings. The number of hydrogen-bond acceptors (Lipinski definition) is 3. The lowest BCUT2D eigenvalue weighted by Crippen LogP contribution is -1.90. The van der Waals surface area contributed by atoms with Gasteiger partial charge in [-0.15, -0.1) is 11.8 Å². The normalized spacial score (nSPS) is 10.3. The second kappa shape index (κ2) is 5.09. The third-order valence-electron chi connectivity index (χ3n) is 1.52. The fraction of sp³-hybridized carbons (Fsp3) is 0.333. The summed E-state index contributed by atoms with van der Waals surface area (Å²) in [7, 11) is 0. The van der Waals surface area contributed by atoms with Gasteiger partial charge in [-0.3, -0.25) is 0 Å². The highest BCUT2D eigenvalue weighted by Crippen LogP contribution is 2.23. The van der Waals surface area contributed by atoms with Crippen molar-refractivity contribution in [2.45, 2.75) is 11.3 Å². The maximum atomic E-state index is 13.1. The summed E-state index contributed by atoms with van der Waals surface area (Å²) in [4.78, 5) is 0.586. The van der Waals surface area contributed by atoms with Crippen LogP contribution in [0.5, 0.6) is 0 Å². The topological polar surface area (TPSA) is 46.2 Å². The predicted molar refractivity (Wildman–Crippen MR) is 53.2 cm³/mol. The smallest absolute Gasteiger partial charge is 0.138 e. The summed E-state index contributed by atoms with van der Waals surface area (Å²) in [5.41, 5.74) is 5.83. The zero-order valence-electron chi connectivity index (χ0n) is 7.16. The van der Waals surface area contributed by atoms with Crippen molar-refractivity contribution in [3.63, 3.8) is 0 Å². The van der Waals surface area contributed by atoms with E-state index in [4.69, 9.17) is 10.8 Å². The number of aliphatic hydroxyl groups excluding tert-OH is 1. The van der Waals surface area contributed by atoms with E-state index in [9.17, 15) is 4.39 Å². The van der Waals surface area contributed by atoms with Crippen LogP contribution in [-0.4, -0.2) is 17.5 Å². The highest BCUT2D eigenvalue weighted by molar-refractivity contribution is 7.99. The van der Waals surface area contributed by atoms with Crippen LogP contribution in [0.1, 0.15) is 6.42 Å². The molecular weight excluding hydrogens is 189 g/mol. The molecule has 1 rings (SSSR count). The Balaban J connectivity index is 2.56. The minimum atomic E-state index is -0.289. The fourth-order valence-corrected chi connectivity index (χ4v) is 1.74. The van der Waals surface area contributed by atoms with Crippen molar-refractivity contribution in [2.75, 3.05) is 18.1 Å². The molecule has 4 heteroatoms. The Hall–Kier alpha value is -0.740. The first kappa shape index (κ1) is 10.3. The van der Waals surface area contributed by atoms with Gasteiger partial charge in [-0.05, 0) is 24.6 Å². The van der Waals surface area contributed by atoms with Crippen molar-refractivity contribution in [3.8, 4) is 0 Å². The van der Waals surface area contributed by atoms with Crippen LogP contribution in [-0.2, 0) is 0 Å². The lowest BCUT2D eigenvalue weighted by atomic mass is 10.3. The Morgan fingerprint density at radius 3 is 2.85 bits per heavy atom. The maximum Gasteiger partial charge on any atom is 0.138 e. The average molecular weight is 201 g/mol. The number of halogens is 1. The molecule has 0 aliphatic heterocycles. The van der Waals surface area contributed by atoms with Crippen LogP contribution in [0.15, 0.2) is 23.1 Å². The molecule has 13 heavy (non-hydrogen) atoms. The minimum Gasteiger partial charge on any atom is -0.399 e. The molecule has 3 N–H and O–H groups in total. The second-order valence-corrected chi connectivity index (χ2v) is 3.75. The van der Waals surface area contributed by atoms with Crippen molar-refractivity contribution in [3.05, 3.63) is 24.0 Å². The van der Waals surface area contributed by atoms with Gasteiger partial charge in [0, 0.05) is 22.9 Å². The van der Waals surface area contributed by atoms with Crippen molar-refractivity contribution < 1.29 is 9.50 Å². The first-order valence-corrected chi connectivity index (χ1v) is 5.01. The number of anilines is 1. The summed E-state index contributed by atoms with van der Waals surface area (Å²) in [5, 5.41) is 8.53. The number of nitrogens with two attached hydrogens (primary N) is 1. The van der Waals surface area contributed by atoms with Crippen LogP contribution >= 0.6 is 11.8 Å². The molecule has 0 saturated carbocycles. The lowest BCUT2D eigenvalue weighted by Gasteiger charge is -2.02. The van der Waals surface area contributed by atoms with Gasteiger partial charge in [0.05, 0.1) is 0 Å². The van der Waals surface area contributed by atoms with Crippen LogP contribution in [0, 0.1) is 5.82 Å². The highest BCUT2D eigenvalue weighted by atomic mass is 32.2. The van der Waals surface area contributed by atoms with Gasteiger partial charge in [-0.25, -0.2) is 4.39 Å². The summed E-state index contributed by atoms with van der Waals surface area (Å²) >= 11 is 1.39. The molecule has 72 valence electrons. The van der Waals surface area contributed by atoms with Crippen molar-refractivity contribution in [2.24, 2.45) is 0 Å². The second-order valence-electron chi connectivity index (χ2n) is 2.62. The number of rotatable bonds is 4. The van der Waals surface area contributed by atoms with Gasteiger partial charge in [0.1, 0.15) is 5.82 Å². The standard InChI is InChI=1S/C9H12FNOS/c10-8-6-7(11)2-3-9(8)13-5-1-4-12/h2-3,6,12H,1,4-5,11H2. The summed E-state index contributed by atoms with van der Waals surface area (Å²) in [6.45, 7) is 0.142. The first-order chi connectivity index (χ1) is 6.24. The molecule has 0 saturated heterocycles. The highest BCUT2D eigenvalue weighted by Gasteiger charge is 2.01. The molecule has 0 amide bonds. The third-order valence-corrected chi connectivity index (χ3v) is 2.65. The molecule has 0 heterocycles. The molecule has 0 atom stereocenters. The fourth-order valence-electron chi connectivity index (χ4n) is 0.881. The van der Waals surface area contributed by atoms with Crippen LogP contribution in [0.3, 0.4) is 0 Å². The summed E-state index contributed by atoms with van der Waals surface area (Å²) in [6.07, 6.45) is 0.675. The van der Waals surface area contributed by atoms with E-state index in [0.29, 0.717) is 17.0 Å². The van der Waals surface area contributed by atoms with Gasteiger partial charge in [-0.1, -0.05) is 0 Å². The average Bonchev–Trinajstić information content (AvgIpc) is 2.09. The molecule has 1 aromatic carbocycles. The van der Waals surface area contributed by atoms with Gasteiger partial charge >= 0.3 is 0 Å². The van der Waals surface area contributed by atoms with E-state index in [1.165, 1.54) is 17.8 Å². The Labute approximate surface area is 80.9 Å². The zero-order valence-corrected chi connectivity index (χ0v) is 7.98. The summed E-state index contributed by atoms with van der Waals surface area (Å²) < 4.78 is 13.1. The molecule has 0 aliphatic carbocycles. The van der Waals surface area contributed by atoms with Crippen molar-refractivity contribution >= 4 is 17.4 Å². The van der Waals surface area contributed by atoms with Gasteiger partial charge in [-0.2, -0.15) is 0 Å². The number of aliphatic hydroxyl groups is 1. The molecular formula is C9H12FNOS. The Morgan fingerprint density at radius 1 is 1.46 bits per heavy atom. The Bertz CT molecular complexity index is 280. The van der Waals surface area contributed by atoms with Gasteiger partial charge < -0.3 is 10.8 Å². The van der Waals surface area contributed by atoms with Crippen molar-refractivity contribution in [1.82, 2.24) is 0 Å². The third kappa shape index (κ3) is 3.24. The van der Waals surface area contributed by atoms with E-state index < -0.39 is 0 Å². The largest absolute Gasteiger partial charge is 0.399 e. The maximum absolute atomic E-state index is 13.1. The molecule has 0 bridgehead atoms.